The van der Waals surface area contributed by atoms with Gasteiger partial charge in [-0.15, -0.1) is 0 Å². The topological polar surface area (TPSA) is 99.3 Å². The Kier molecular flexibility index (Phi) is 4.33. The molecule has 0 spiro atoms. The van der Waals surface area contributed by atoms with Crippen LogP contribution in [0.15, 0.2) is 52.3 Å². The van der Waals surface area contributed by atoms with Crippen molar-refractivity contribution in [2.24, 2.45) is 0 Å². The largest absolute Gasteiger partial charge is 0.392 e. The molecule has 6 nitrogen and oxygen atoms in total. The summed E-state index contributed by atoms with van der Waals surface area (Å²) in [6.07, 6.45) is 1.15. The molecule has 0 fully saturated rings. The van der Waals surface area contributed by atoms with Gasteiger partial charge in [-0.1, -0.05) is 24.3 Å². The number of benzene rings is 1. The number of pyridine rings is 1. The van der Waals surface area contributed by atoms with Gasteiger partial charge in [0.1, 0.15) is 0 Å². The van der Waals surface area contributed by atoms with Gasteiger partial charge in [-0.25, -0.2) is 13.1 Å². The van der Waals surface area contributed by atoms with Crippen LogP contribution >= 0.6 is 0 Å². The van der Waals surface area contributed by atoms with Gasteiger partial charge in [0.05, 0.1) is 11.5 Å². The molecule has 0 unspecified atom stereocenters. The average molecular weight is 294 g/mol. The third kappa shape index (κ3) is 3.53. The summed E-state index contributed by atoms with van der Waals surface area (Å²) in [4.78, 5) is 13.2. The molecule has 0 bridgehead atoms. The third-order valence-corrected chi connectivity index (χ3v) is 4.14. The minimum Gasteiger partial charge on any atom is -0.392 e. The maximum Gasteiger partial charge on any atom is 0.247 e. The molecule has 0 amide bonds. The number of hydrogen-bond donors (Lipinski definition) is 3. The van der Waals surface area contributed by atoms with Crippen molar-refractivity contribution in [3.8, 4) is 0 Å². The molecule has 7 heteroatoms. The summed E-state index contributed by atoms with van der Waals surface area (Å²) in [6.45, 7) is 0.0799. The second-order valence-corrected chi connectivity index (χ2v) is 5.95. The fourth-order valence-corrected chi connectivity index (χ4v) is 2.57. The minimum absolute atomic E-state index is 0.00378. The number of aliphatic hydroxyl groups excluding tert-OH is 1. The van der Waals surface area contributed by atoms with E-state index < -0.39 is 10.0 Å². The molecule has 0 radical (unpaired) electrons. The van der Waals surface area contributed by atoms with Crippen molar-refractivity contribution >= 4 is 10.0 Å². The zero-order valence-corrected chi connectivity index (χ0v) is 11.4. The highest BCUT2D eigenvalue weighted by Gasteiger charge is 2.13. The summed E-state index contributed by atoms with van der Waals surface area (Å²) >= 11 is 0. The Hall–Kier alpha value is -1.96. The molecule has 1 heterocycles. The lowest BCUT2D eigenvalue weighted by Gasteiger charge is -2.07. The molecule has 0 aliphatic carbocycles. The second-order valence-electron chi connectivity index (χ2n) is 4.19. The van der Waals surface area contributed by atoms with E-state index in [0.717, 1.165) is 23.4 Å². The molecule has 0 aliphatic heterocycles. The van der Waals surface area contributed by atoms with E-state index in [1.165, 1.54) is 6.07 Å². The van der Waals surface area contributed by atoms with Crippen LogP contribution in [0.1, 0.15) is 11.1 Å². The monoisotopic (exact) mass is 294 g/mol. The number of rotatable bonds is 5. The van der Waals surface area contributed by atoms with Crippen LogP contribution in [0.2, 0.25) is 0 Å². The van der Waals surface area contributed by atoms with Gasteiger partial charge in [-0.2, -0.15) is 0 Å². The van der Waals surface area contributed by atoms with Crippen LogP contribution in [0.4, 0.5) is 0 Å². The summed E-state index contributed by atoms with van der Waals surface area (Å²) in [5.41, 5.74) is 1.18. The summed E-state index contributed by atoms with van der Waals surface area (Å²) in [5.74, 6) is 0. The molecule has 0 saturated heterocycles. The lowest BCUT2D eigenvalue weighted by Crippen LogP contribution is -2.24. The zero-order chi connectivity index (χ0) is 14.6. The van der Waals surface area contributed by atoms with Crippen LogP contribution in [0.3, 0.4) is 0 Å². The number of sulfonamides is 1. The van der Waals surface area contributed by atoms with E-state index >= 15 is 0 Å². The molecule has 2 rings (SSSR count). The van der Waals surface area contributed by atoms with Crippen molar-refractivity contribution in [2.45, 2.75) is 18.0 Å². The number of hydrogen-bond acceptors (Lipinski definition) is 4. The van der Waals surface area contributed by atoms with Crippen LogP contribution in [-0.2, 0) is 23.2 Å². The summed E-state index contributed by atoms with van der Waals surface area (Å²) in [6, 6.07) is 9.33. The van der Waals surface area contributed by atoms with Crippen LogP contribution < -0.4 is 10.3 Å². The van der Waals surface area contributed by atoms with Gasteiger partial charge in [-0.3, -0.25) is 4.79 Å². The van der Waals surface area contributed by atoms with E-state index in [9.17, 15) is 13.2 Å². The van der Waals surface area contributed by atoms with Crippen molar-refractivity contribution in [1.82, 2.24) is 9.71 Å². The highest BCUT2D eigenvalue weighted by molar-refractivity contribution is 7.89. The first-order chi connectivity index (χ1) is 9.51. The molecule has 2 aromatic rings. The van der Waals surface area contributed by atoms with Crippen molar-refractivity contribution in [3.63, 3.8) is 0 Å². The average Bonchev–Trinajstić information content (AvgIpc) is 2.46. The Balaban J connectivity index is 2.08. The maximum atomic E-state index is 12.0. The Labute approximate surface area is 116 Å². The Morgan fingerprint density at radius 3 is 2.25 bits per heavy atom. The van der Waals surface area contributed by atoms with Gasteiger partial charge in [0.15, 0.2) is 0 Å². The van der Waals surface area contributed by atoms with Crippen LogP contribution in [0, 0.1) is 0 Å². The number of H-pyrrole nitrogens is 1. The molecule has 0 atom stereocenters. The fourth-order valence-electron chi connectivity index (χ4n) is 1.59. The Bertz CT molecular complexity index is 715. The molecular formula is C13H14N2O4S. The van der Waals surface area contributed by atoms with Gasteiger partial charge >= 0.3 is 0 Å². The molecule has 0 saturated carbocycles. The first kappa shape index (κ1) is 14.4. The smallest absolute Gasteiger partial charge is 0.247 e. The van der Waals surface area contributed by atoms with E-state index in [1.807, 2.05) is 0 Å². The van der Waals surface area contributed by atoms with Gasteiger partial charge in [0.2, 0.25) is 15.6 Å². The normalized spacial score (nSPS) is 11.4. The molecule has 20 heavy (non-hydrogen) atoms. The molecular weight excluding hydrogens is 280 g/mol. The lowest BCUT2D eigenvalue weighted by molar-refractivity contribution is 0.282. The lowest BCUT2D eigenvalue weighted by atomic mass is 10.1. The van der Waals surface area contributed by atoms with Crippen molar-refractivity contribution < 1.29 is 13.5 Å². The molecule has 3 N–H and O–H groups in total. The van der Waals surface area contributed by atoms with Crippen LogP contribution in [-0.4, -0.2) is 18.5 Å². The third-order valence-electron chi connectivity index (χ3n) is 2.74. The zero-order valence-electron chi connectivity index (χ0n) is 10.5. The number of aliphatic hydroxyl groups is 1. The Morgan fingerprint density at radius 2 is 1.70 bits per heavy atom. The SMILES string of the molecule is O=c1ccc(S(=O)(=O)NCc2ccc(CO)cc2)c[nH]1. The van der Waals surface area contributed by atoms with Crippen molar-refractivity contribution in [1.29, 1.82) is 0 Å². The predicted octanol–water partition coefficient (Wildman–Crippen LogP) is 0.346. The highest BCUT2D eigenvalue weighted by Crippen LogP contribution is 2.08. The molecule has 0 aliphatic rings. The minimum atomic E-state index is -3.66. The van der Waals surface area contributed by atoms with Gasteiger partial charge < -0.3 is 10.1 Å². The van der Waals surface area contributed by atoms with E-state index in [4.69, 9.17) is 5.11 Å². The maximum absolute atomic E-state index is 12.0. The standard InChI is InChI=1S/C13H14N2O4S/c16-9-11-3-1-10(2-4-11)7-15-20(18,19)12-5-6-13(17)14-8-12/h1-6,8,15-16H,7,9H2,(H,14,17). The van der Waals surface area contributed by atoms with Gasteiger partial charge in [0, 0.05) is 18.8 Å². The summed E-state index contributed by atoms with van der Waals surface area (Å²) in [7, 11) is -3.66. The molecule has 1 aromatic heterocycles. The quantitative estimate of drug-likeness (QED) is 0.740. The van der Waals surface area contributed by atoms with Crippen molar-refractivity contribution in [2.75, 3.05) is 0 Å². The molecule has 106 valence electrons. The van der Waals surface area contributed by atoms with E-state index in [1.54, 1.807) is 24.3 Å². The first-order valence-electron chi connectivity index (χ1n) is 5.88. The number of aromatic amines is 1. The van der Waals surface area contributed by atoms with E-state index in [-0.39, 0.29) is 23.6 Å². The summed E-state index contributed by atoms with van der Waals surface area (Å²) < 4.78 is 26.4. The van der Waals surface area contributed by atoms with Gasteiger partial charge in [0.25, 0.3) is 0 Å². The van der Waals surface area contributed by atoms with E-state index in [0.29, 0.717) is 0 Å². The Morgan fingerprint density at radius 1 is 1.05 bits per heavy atom. The first-order valence-corrected chi connectivity index (χ1v) is 7.37. The fraction of sp³-hybridized carbons (Fsp3) is 0.154. The number of nitrogens with one attached hydrogen (secondary N) is 2. The molecule has 1 aromatic carbocycles. The van der Waals surface area contributed by atoms with Crippen molar-refractivity contribution in [3.05, 3.63) is 64.1 Å². The second kappa shape index (κ2) is 6.00. The summed E-state index contributed by atoms with van der Waals surface area (Å²) in [5, 5.41) is 8.92. The van der Waals surface area contributed by atoms with Crippen LogP contribution in [0.5, 0.6) is 0 Å². The van der Waals surface area contributed by atoms with E-state index in [2.05, 4.69) is 9.71 Å². The predicted molar refractivity (Wildman–Crippen MR) is 73.5 cm³/mol. The van der Waals surface area contributed by atoms with Crippen LogP contribution in [0.25, 0.3) is 0 Å². The number of aromatic nitrogens is 1. The highest BCUT2D eigenvalue weighted by atomic mass is 32.2. The van der Waals surface area contributed by atoms with Gasteiger partial charge in [-0.05, 0) is 17.2 Å².